The second-order valence-corrected chi connectivity index (χ2v) is 5.99. The van der Waals surface area contributed by atoms with Crippen LogP contribution in [0.25, 0.3) is 0 Å². The summed E-state index contributed by atoms with van der Waals surface area (Å²) in [4.78, 5) is 11.8. The second kappa shape index (κ2) is 6.53. The van der Waals surface area contributed by atoms with Crippen molar-refractivity contribution in [3.05, 3.63) is 59.7 Å². The van der Waals surface area contributed by atoms with Gasteiger partial charge in [-0.05, 0) is 23.3 Å². The molecule has 2 heterocycles. The fourth-order valence-corrected chi connectivity index (χ4v) is 3.09. The van der Waals surface area contributed by atoms with Gasteiger partial charge in [0, 0.05) is 5.92 Å². The van der Waals surface area contributed by atoms with Crippen LogP contribution >= 0.6 is 0 Å². The highest BCUT2D eigenvalue weighted by atomic mass is 16.7. The molecule has 0 aromatic heterocycles. The minimum Gasteiger partial charge on any atom is -0.457 e. The van der Waals surface area contributed by atoms with Gasteiger partial charge in [-0.15, -0.1) is 0 Å². The van der Waals surface area contributed by atoms with Crippen LogP contribution in [-0.2, 0) is 20.9 Å². The van der Waals surface area contributed by atoms with Crippen LogP contribution in [0.15, 0.2) is 48.5 Å². The molecule has 1 fully saturated rings. The molecule has 0 amide bonds. The molecule has 124 valence electrons. The first-order valence-electron chi connectivity index (χ1n) is 8.00. The van der Waals surface area contributed by atoms with E-state index in [2.05, 4.69) is 0 Å². The van der Waals surface area contributed by atoms with Crippen molar-refractivity contribution in [3.8, 4) is 11.5 Å². The number of esters is 1. The van der Waals surface area contributed by atoms with Crippen molar-refractivity contribution < 1.29 is 23.7 Å². The minimum absolute atomic E-state index is 0.00147. The van der Waals surface area contributed by atoms with Gasteiger partial charge in [-0.25, -0.2) is 0 Å². The summed E-state index contributed by atoms with van der Waals surface area (Å²) in [6.07, 6.45) is 0.0660. The number of cyclic esters (lactones) is 1. The van der Waals surface area contributed by atoms with Crippen molar-refractivity contribution in [1.82, 2.24) is 0 Å². The number of rotatable bonds is 5. The Hall–Kier alpha value is -2.53. The van der Waals surface area contributed by atoms with Crippen LogP contribution in [0.1, 0.15) is 23.7 Å². The van der Waals surface area contributed by atoms with Crippen LogP contribution in [0.2, 0.25) is 0 Å². The molecule has 0 aliphatic carbocycles. The molecular weight excluding hydrogens is 308 g/mol. The average Bonchev–Trinajstić information content (AvgIpc) is 3.21. The van der Waals surface area contributed by atoms with Crippen molar-refractivity contribution in [3.63, 3.8) is 0 Å². The standard InChI is InChI=1S/C19H18O5/c20-18-9-15(11-21-10-13-4-2-1-3-5-13)19(24-18)14-6-7-16-17(8-14)23-12-22-16/h1-8,15,19H,9-12H2/t15-,19-/m1/s1. The first-order valence-corrected chi connectivity index (χ1v) is 8.00. The molecule has 0 unspecified atom stereocenters. The highest BCUT2D eigenvalue weighted by Crippen LogP contribution is 2.40. The van der Waals surface area contributed by atoms with Gasteiger partial charge < -0.3 is 18.9 Å². The van der Waals surface area contributed by atoms with E-state index in [-0.39, 0.29) is 24.8 Å². The molecule has 0 radical (unpaired) electrons. The third kappa shape index (κ3) is 3.08. The zero-order valence-electron chi connectivity index (χ0n) is 13.1. The summed E-state index contributed by atoms with van der Waals surface area (Å²) in [7, 11) is 0. The maximum Gasteiger partial charge on any atom is 0.306 e. The SMILES string of the molecule is O=C1C[C@H](COCc2ccccc2)[C@@H](c2ccc3c(c2)OCO3)O1. The molecule has 0 N–H and O–H groups in total. The van der Waals surface area contributed by atoms with Crippen LogP contribution in [0, 0.1) is 5.92 Å². The summed E-state index contributed by atoms with van der Waals surface area (Å²) in [5, 5.41) is 0. The van der Waals surface area contributed by atoms with E-state index < -0.39 is 0 Å². The molecule has 5 heteroatoms. The number of hydrogen-bond acceptors (Lipinski definition) is 5. The lowest BCUT2D eigenvalue weighted by Crippen LogP contribution is -2.14. The summed E-state index contributed by atoms with van der Waals surface area (Å²) in [6, 6.07) is 15.6. The monoisotopic (exact) mass is 326 g/mol. The topological polar surface area (TPSA) is 54.0 Å². The van der Waals surface area contributed by atoms with Crippen LogP contribution in [0.4, 0.5) is 0 Å². The predicted octanol–water partition coefficient (Wildman–Crippen LogP) is 3.24. The van der Waals surface area contributed by atoms with Gasteiger partial charge in [-0.2, -0.15) is 0 Å². The molecule has 0 bridgehead atoms. The van der Waals surface area contributed by atoms with E-state index in [0.29, 0.717) is 25.4 Å². The number of benzene rings is 2. The van der Waals surface area contributed by atoms with Gasteiger partial charge >= 0.3 is 5.97 Å². The van der Waals surface area contributed by atoms with Gasteiger partial charge in [-0.1, -0.05) is 36.4 Å². The molecule has 24 heavy (non-hydrogen) atoms. The fraction of sp³-hybridized carbons (Fsp3) is 0.316. The number of carbonyl (C=O) groups excluding carboxylic acids is 1. The van der Waals surface area contributed by atoms with E-state index in [1.165, 1.54) is 0 Å². The average molecular weight is 326 g/mol. The van der Waals surface area contributed by atoms with E-state index in [1.807, 2.05) is 48.5 Å². The van der Waals surface area contributed by atoms with Crippen LogP contribution in [-0.4, -0.2) is 19.4 Å². The van der Waals surface area contributed by atoms with Gasteiger partial charge in [0.15, 0.2) is 11.5 Å². The molecule has 2 aromatic carbocycles. The van der Waals surface area contributed by atoms with Crippen molar-refractivity contribution in [1.29, 1.82) is 0 Å². The number of hydrogen-bond donors (Lipinski definition) is 0. The normalized spacial score (nSPS) is 21.8. The van der Waals surface area contributed by atoms with E-state index >= 15 is 0 Å². The molecule has 5 nitrogen and oxygen atoms in total. The van der Waals surface area contributed by atoms with E-state index in [1.54, 1.807) is 0 Å². The summed E-state index contributed by atoms with van der Waals surface area (Å²) >= 11 is 0. The summed E-state index contributed by atoms with van der Waals surface area (Å²) < 4.78 is 22.0. The van der Waals surface area contributed by atoms with Gasteiger partial charge in [0.05, 0.1) is 19.6 Å². The zero-order chi connectivity index (χ0) is 16.4. The van der Waals surface area contributed by atoms with E-state index in [4.69, 9.17) is 18.9 Å². The third-order valence-electron chi connectivity index (χ3n) is 4.28. The first kappa shape index (κ1) is 15.0. The van der Waals surface area contributed by atoms with Gasteiger partial charge in [-0.3, -0.25) is 4.79 Å². The molecule has 2 aliphatic heterocycles. The Morgan fingerprint density at radius 2 is 1.88 bits per heavy atom. The lowest BCUT2D eigenvalue weighted by Gasteiger charge is -2.18. The lowest BCUT2D eigenvalue weighted by atomic mass is 9.95. The molecular formula is C19H18O5. The molecule has 0 saturated carbocycles. The Morgan fingerprint density at radius 3 is 2.75 bits per heavy atom. The minimum atomic E-state index is -0.303. The second-order valence-electron chi connectivity index (χ2n) is 5.99. The largest absolute Gasteiger partial charge is 0.457 e. The Balaban J connectivity index is 1.43. The maximum absolute atomic E-state index is 11.8. The molecule has 2 atom stereocenters. The quantitative estimate of drug-likeness (QED) is 0.790. The third-order valence-corrected chi connectivity index (χ3v) is 4.28. The Kier molecular flexibility index (Phi) is 4.09. The maximum atomic E-state index is 11.8. The summed E-state index contributed by atoms with van der Waals surface area (Å²) in [6.45, 7) is 1.23. The first-order chi connectivity index (χ1) is 11.8. The van der Waals surface area contributed by atoms with Gasteiger partial charge in [0.25, 0.3) is 0 Å². The van der Waals surface area contributed by atoms with E-state index in [0.717, 1.165) is 16.9 Å². The number of carbonyl (C=O) groups is 1. The highest BCUT2D eigenvalue weighted by molar-refractivity contribution is 5.72. The number of ether oxygens (including phenoxy) is 4. The Labute approximate surface area is 140 Å². The van der Waals surface area contributed by atoms with Crippen LogP contribution in [0.5, 0.6) is 11.5 Å². The molecule has 0 spiro atoms. The lowest BCUT2D eigenvalue weighted by molar-refractivity contribution is -0.141. The smallest absolute Gasteiger partial charge is 0.306 e. The summed E-state index contributed by atoms with van der Waals surface area (Å²) in [5.74, 6) is 1.23. The van der Waals surface area contributed by atoms with Crippen molar-refractivity contribution in [2.24, 2.45) is 5.92 Å². The number of fused-ring (bicyclic) bond motifs is 1. The van der Waals surface area contributed by atoms with E-state index in [9.17, 15) is 4.79 Å². The van der Waals surface area contributed by atoms with Gasteiger partial charge in [0.1, 0.15) is 6.10 Å². The van der Waals surface area contributed by atoms with Gasteiger partial charge in [0.2, 0.25) is 6.79 Å². The summed E-state index contributed by atoms with van der Waals surface area (Å²) in [5.41, 5.74) is 2.03. The molecule has 1 saturated heterocycles. The van der Waals surface area contributed by atoms with Crippen LogP contribution < -0.4 is 9.47 Å². The Bertz CT molecular complexity index is 728. The zero-order valence-corrected chi connectivity index (χ0v) is 13.1. The molecule has 2 aliphatic rings. The van der Waals surface area contributed by atoms with Crippen molar-refractivity contribution in [2.75, 3.05) is 13.4 Å². The Morgan fingerprint density at radius 1 is 1.04 bits per heavy atom. The highest BCUT2D eigenvalue weighted by Gasteiger charge is 2.36. The van der Waals surface area contributed by atoms with Crippen molar-refractivity contribution >= 4 is 5.97 Å². The molecule has 4 rings (SSSR count). The molecule has 2 aromatic rings. The van der Waals surface area contributed by atoms with Crippen LogP contribution in [0.3, 0.4) is 0 Å². The fourth-order valence-electron chi connectivity index (χ4n) is 3.09. The van der Waals surface area contributed by atoms with Crippen molar-refractivity contribution in [2.45, 2.75) is 19.1 Å². The predicted molar refractivity (Wildman–Crippen MR) is 85.6 cm³/mol.